The largest absolute Gasteiger partial charge is 0.481 e. The normalized spacial score (nSPS) is 11.7. The van der Waals surface area contributed by atoms with E-state index >= 15 is 0 Å². The van der Waals surface area contributed by atoms with Gasteiger partial charge in [-0.25, -0.2) is 23.2 Å². The van der Waals surface area contributed by atoms with Crippen molar-refractivity contribution in [2.45, 2.75) is 38.8 Å². The third kappa shape index (κ3) is 4.37. The highest BCUT2D eigenvalue weighted by atomic mass is 32.2. The van der Waals surface area contributed by atoms with Gasteiger partial charge in [0.15, 0.2) is 12.1 Å². The lowest BCUT2D eigenvalue weighted by molar-refractivity contribution is -0.139. The van der Waals surface area contributed by atoms with E-state index in [-0.39, 0.29) is 16.8 Å². The van der Waals surface area contributed by atoms with Crippen molar-refractivity contribution in [2.75, 3.05) is 12.9 Å². The van der Waals surface area contributed by atoms with Gasteiger partial charge < -0.3 is 14.3 Å². The van der Waals surface area contributed by atoms with Crippen molar-refractivity contribution in [1.82, 2.24) is 15.0 Å². The number of hydrogen-bond acceptors (Lipinski definition) is 8. The third-order valence-electron chi connectivity index (χ3n) is 4.18. The van der Waals surface area contributed by atoms with Crippen LogP contribution in [0.5, 0.6) is 5.75 Å². The van der Waals surface area contributed by atoms with Crippen molar-refractivity contribution in [3.63, 3.8) is 0 Å². The highest BCUT2D eigenvalue weighted by Gasteiger charge is 2.21. The predicted octanol–water partition coefficient (Wildman–Crippen LogP) is 2.72. The van der Waals surface area contributed by atoms with Gasteiger partial charge in [-0.2, -0.15) is 4.98 Å². The summed E-state index contributed by atoms with van der Waals surface area (Å²) in [7, 11) is -3.60. The number of aromatic nitrogens is 3. The summed E-state index contributed by atoms with van der Waals surface area (Å²) in [6.07, 6.45) is 2.34. The minimum absolute atomic E-state index is 0.111. The fourth-order valence-corrected chi connectivity index (χ4v) is 3.52. The molecule has 29 heavy (non-hydrogen) atoms. The van der Waals surface area contributed by atoms with Crippen LogP contribution in [-0.4, -0.2) is 47.3 Å². The second-order valence-electron chi connectivity index (χ2n) is 6.77. The summed E-state index contributed by atoms with van der Waals surface area (Å²) in [5.74, 6) is -0.304. The van der Waals surface area contributed by atoms with Crippen LogP contribution in [0.15, 0.2) is 21.7 Å². The summed E-state index contributed by atoms with van der Waals surface area (Å²) in [6.45, 7) is 5.10. The molecular weight excluding hydrogens is 398 g/mol. The molecule has 2 aromatic heterocycles. The predicted molar refractivity (Wildman–Crippen MR) is 105 cm³/mol. The lowest BCUT2D eigenvalue weighted by Gasteiger charge is -2.11. The van der Waals surface area contributed by atoms with Crippen molar-refractivity contribution >= 4 is 27.0 Å². The molecule has 0 aliphatic carbocycles. The number of aryl methyl sites for hydroxylation is 3. The monoisotopic (exact) mass is 419 g/mol. The number of hydrogen-bond donors (Lipinski definition) is 1. The molecule has 0 aliphatic heterocycles. The molecule has 0 bridgehead atoms. The Bertz CT molecular complexity index is 1180. The van der Waals surface area contributed by atoms with E-state index < -0.39 is 22.4 Å². The third-order valence-corrected chi connectivity index (χ3v) is 5.02. The maximum atomic E-state index is 11.9. The van der Waals surface area contributed by atoms with E-state index in [2.05, 4.69) is 15.0 Å². The maximum Gasteiger partial charge on any atom is 0.341 e. The Kier molecular flexibility index (Phi) is 5.56. The van der Waals surface area contributed by atoms with E-state index in [4.69, 9.17) is 14.3 Å². The van der Waals surface area contributed by atoms with Crippen LogP contribution < -0.4 is 4.74 Å². The summed E-state index contributed by atoms with van der Waals surface area (Å²) < 4.78 is 34.9. The number of ether oxygens (including phenoxy) is 1. The molecule has 9 nitrogen and oxygen atoms in total. The number of fused-ring (bicyclic) bond motifs is 1. The van der Waals surface area contributed by atoms with Gasteiger partial charge in [0.1, 0.15) is 5.75 Å². The smallest absolute Gasteiger partial charge is 0.341 e. The number of carboxylic acids is 1. The average Bonchev–Trinajstić information content (AvgIpc) is 3.04. The lowest BCUT2D eigenvalue weighted by Crippen LogP contribution is -2.10. The molecule has 0 atom stereocenters. The van der Waals surface area contributed by atoms with Crippen LogP contribution in [0.4, 0.5) is 0 Å². The quantitative estimate of drug-likeness (QED) is 0.574. The first kappa shape index (κ1) is 20.7. The number of aliphatic carboxylic acids is 1. The Morgan fingerprint density at radius 2 is 1.83 bits per heavy atom. The van der Waals surface area contributed by atoms with Gasteiger partial charge in [-0.3, -0.25) is 0 Å². The summed E-state index contributed by atoms with van der Waals surface area (Å²) in [5.41, 5.74) is 3.14. The topological polar surface area (TPSA) is 132 Å². The number of nitrogens with zero attached hydrogens (tertiary/aromatic N) is 3. The van der Waals surface area contributed by atoms with E-state index in [0.717, 1.165) is 23.8 Å². The van der Waals surface area contributed by atoms with Crippen LogP contribution >= 0.6 is 0 Å². The van der Waals surface area contributed by atoms with Gasteiger partial charge in [-0.15, -0.1) is 0 Å². The molecule has 1 aromatic carbocycles. The SMILES string of the molecule is CCCc1nc(S(C)(=O)=O)nc2oc(-c3cc(C)c(OCC(=O)O)c(C)c3)nc12. The van der Waals surface area contributed by atoms with Crippen LogP contribution in [0.25, 0.3) is 22.7 Å². The molecule has 0 aliphatic rings. The minimum Gasteiger partial charge on any atom is -0.481 e. The van der Waals surface area contributed by atoms with E-state index in [1.54, 1.807) is 26.0 Å². The fraction of sp³-hybridized carbons (Fsp3) is 0.368. The first-order valence-corrected chi connectivity index (χ1v) is 10.8. The second kappa shape index (κ2) is 7.78. The summed E-state index contributed by atoms with van der Waals surface area (Å²) >= 11 is 0. The van der Waals surface area contributed by atoms with Crippen molar-refractivity contribution in [1.29, 1.82) is 0 Å². The molecule has 0 saturated heterocycles. The Morgan fingerprint density at radius 3 is 2.38 bits per heavy atom. The van der Waals surface area contributed by atoms with Crippen molar-refractivity contribution < 1.29 is 27.5 Å². The van der Waals surface area contributed by atoms with Crippen LogP contribution in [-0.2, 0) is 21.1 Å². The van der Waals surface area contributed by atoms with E-state index in [1.165, 1.54) is 0 Å². The Morgan fingerprint density at radius 1 is 1.17 bits per heavy atom. The van der Waals surface area contributed by atoms with Crippen molar-refractivity contribution in [3.8, 4) is 17.2 Å². The van der Waals surface area contributed by atoms with Gasteiger partial charge in [0.25, 0.3) is 5.71 Å². The molecule has 0 spiro atoms. The van der Waals surface area contributed by atoms with Crippen LogP contribution in [0, 0.1) is 13.8 Å². The van der Waals surface area contributed by atoms with Gasteiger partial charge in [0, 0.05) is 11.8 Å². The molecule has 154 valence electrons. The minimum atomic E-state index is -3.60. The van der Waals surface area contributed by atoms with Gasteiger partial charge in [-0.05, 0) is 43.5 Å². The fourth-order valence-electron chi connectivity index (χ4n) is 2.99. The molecule has 10 heteroatoms. The van der Waals surface area contributed by atoms with Crippen LogP contribution in [0.2, 0.25) is 0 Å². The highest BCUT2D eigenvalue weighted by Crippen LogP contribution is 2.32. The summed E-state index contributed by atoms with van der Waals surface area (Å²) in [4.78, 5) is 23.4. The first-order chi connectivity index (χ1) is 13.6. The number of sulfone groups is 1. The number of carboxylic acid groups (broad SMARTS) is 1. The zero-order valence-corrected chi connectivity index (χ0v) is 17.3. The Labute approximate surface area is 167 Å². The van der Waals surface area contributed by atoms with E-state index in [0.29, 0.717) is 28.9 Å². The second-order valence-corrected chi connectivity index (χ2v) is 8.68. The molecule has 2 heterocycles. The van der Waals surface area contributed by atoms with Gasteiger partial charge in [-0.1, -0.05) is 13.3 Å². The molecule has 0 saturated carbocycles. The zero-order valence-electron chi connectivity index (χ0n) is 16.5. The lowest BCUT2D eigenvalue weighted by atomic mass is 10.1. The maximum absolute atomic E-state index is 11.9. The molecule has 0 unspecified atom stereocenters. The first-order valence-electron chi connectivity index (χ1n) is 8.94. The molecule has 0 fully saturated rings. The highest BCUT2D eigenvalue weighted by molar-refractivity contribution is 7.90. The van der Waals surface area contributed by atoms with Crippen LogP contribution in [0.3, 0.4) is 0 Å². The van der Waals surface area contributed by atoms with Gasteiger partial charge in [0.2, 0.25) is 20.9 Å². The average molecular weight is 419 g/mol. The molecular formula is C19H21N3O6S. The molecule has 3 aromatic rings. The van der Waals surface area contributed by atoms with Gasteiger partial charge >= 0.3 is 5.97 Å². The Hall–Kier alpha value is -3.01. The number of rotatable bonds is 7. The summed E-state index contributed by atoms with van der Waals surface area (Å²) in [6, 6.07) is 3.53. The zero-order chi connectivity index (χ0) is 21.3. The number of oxazole rings is 1. The van der Waals surface area contributed by atoms with Gasteiger partial charge in [0.05, 0.1) is 5.69 Å². The number of benzene rings is 1. The number of carbonyl (C=O) groups is 1. The summed E-state index contributed by atoms with van der Waals surface area (Å²) in [5, 5.41) is 8.52. The van der Waals surface area contributed by atoms with Crippen LogP contribution in [0.1, 0.15) is 30.2 Å². The van der Waals surface area contributed by atoms with Crippen molar-refractivity contribution in [3.05, 3.63) is 29.0 Å². The Balaban J connectivity index is 2.11. The van der Waals surface area contributed by atoms with E-state index in [1.807, 2.05) is 6.92 Å². The molecule has 3 rings (SSSR count). The standard InChI is InChI=1S/C19H21N3O6S/c1-5-6-13-15-18(22-19(20-13)29(4,25)26)28-17(21-15)12-7-10(2)16(11(3)8-12)27-9-14(23)24/h7-8H,5-6,9H2,1-4H3,(H,23,24). The molecule has 0 radical (unpaired) electrons. The van der Waals surface area contributed by atoms with E-state index in [9.17, 15) is 13.2 Å². The molecule has 0 amide bonds. The molecule has 1 N–H and O–H groups in total. The van der Waals surface area contributed by atoms with Crippen molar-refractivity contribution in [2.24, 2.45) is 0 Å².